The lowest BCUT2D eigenvalue weighted by Gasteiger charge is -2.23. The van der Waals surface area contributed by atoms with Crippen LogP contribution in [0.4, 0.5) is 0 Å². The topological polar surface area (TPSA) is 79.9 Å². The zero-order valence-electron chi connectivity index (χ0n) is 14.5. The molecule has 138 valence electrons. The fourth-order valence-electron chi connectivity index (χ4n) is 2.37. The molecule has 0 saturated heterocycles. The predicted octanol–water partition coefficient (Wildman–Crippen LogP) is 3.37. The normalized spacial score (nSPS) is 12.8. The van der Waals surface area contributed by atoms with E-state index in [-0.39, 0.29) is 21.0 Å². The number of hydrogen-bond donors (Lipinski definition) is 0. The summed E-state index contributed by atoms with van der Waals surface area (Å²) in [6.45, 7) is 9.63. The van der Waals surface area contributed by atoms with Crippen LogP contribution in [-0.2, 0) is 10.0 Å². The van der Waals surface area contributed by atoms with E-state index in [0.717, 1.165) is 4.52 Å². The Kier molecular flexibility index (Phi) is 6.29. The van der Waals surface area contributed by atoms with Crippen molar-refractivity contribution in [2.45, 2.75) is 32.7 Å². The van der Waals surface area contributed by atoms with E-state index in [1.165, 1.54) is 18.5 Å². The Bertz CT molecular complexity index is 867. The van der Waals surface area contributed by atoms with Crippen molar-refractivity contribution in [1.82, 2.24) is 19.5 Å². The molecule has 0 aliphatic carbocycles. The minimum atomic E-state index is -4.08. The van der Waals surface area contributed by atoms with E-state index in [9.17, 15) is 8.42 Å². The molecule has 0 aromatic carbocycles. The van der Waals surface area contributed by atoms with E-state index in [0.29, 0.717) is 24.9 Å². The largest absolute Gasteiger partial charge is 0.361 e. The molecule has 2 rings (SSSR count). The number of halogens is 2. The Balaban J connectivity index is 2.41. The Morgan fingerprint density at radius 1 is 1.20 bits per heavy atom. The monoisotopic (exact) mass is 405 g/mol. The van der Waals surface area contributed by atoms with Crippen LogP contribution in [0.2, 0.25) is 10.3 Å². The fraction of sp³-hybridized carbons (Fsp3) is 0.533. The second-order valence-corrected chi connectivity index (χ2v) is 8.86. The van der Waals surface area contributed by atoms with Crippen molar-refractivity contribution >= 4 is 45.2 Å². The van der Waals surface area contributed by atoms with Crippen LogP contribution in [0.15, 0.2) is 21.6 Å². The molecule has 0 spiro atoms. The summed E-state index contributed by atoms with van der Waals surface area (Å²) in [5.74, 6) is 0.737. The predicted molar refractivity (Wildman–Crippen MR) is 99.9 cm³/mol. The van der Waals surface area contributed by atoms with E-state index in [1.807, 2.05) is 4.90 Å². The molecule has 2 aromatic heterocycles. The first-order chi connectivity index (χ1) is 11.6. The molecule has 2 heterocycles. The smallest absolute Gasteiger partial charge is 0.304 e. The molecular weight excluding hydrogens is 385 g/mol. The molecule has 0 N–H and O–H groups in total. The third kappa shape index (κ3) is 5.05. The quantitative estimate of drug-likeness (QED) is 0.520. The Hall–Kier alpha value is -1.38. The number of imidazole rings is 1. The molecule has 0 aliphatic rings. The van der Waals surface area contributed by atoms with Gasteiger partial charge >= 0.3 is 10.0 Å². The van der Waals surface area contributed by atoms with Crippen LogP contribution in [-0.4, -0.2) is 47.3 Å². The lowest BCUT2D eigenvalue weighted by Crippen LogP contribution is -2.30. The zero-order valence-corrected chi connectivity index (χ0v) is 16.8. The number of hydrogen-bond acceptors (Lipinski definition) is 4. The lowest BCUT2D eigenvalue weighted by atomic mass is 10.1. The van der Waals surface area contributed by atoms with Gasteiger partial charge in [-0.1, -0.05) is 50.9 Å². The van der Waals surface area contributed by atoms with Gasteiger partial charge in [0.2, 0.25) is 5.03 Å². The van der Waals surface area contributed by atoms with Gasteiger partial charge in [-0.25, -0.2) is 4.98 Å². The van der Waals surface area contributed by atoms with Crippen LogP contribution in [0.5, 0.6) is 0 Å². The SMILES string of the molecule is CC(C)CN(/C=N/S(=O)(=O)c1c(Cl)nc2ccc(Cl)nn12)CC(C)C. The standard InChI is InChI=1S/C15H21Cl2N5O2S/c1-10(2)7-21(8-11(3)4)9-18-25(23,24)15-14(17)19-13-6-5-12(16)20-22(13)15/h5-6,9-11H,7-8H2,1-4H3/b18-9+. The van der Waals surface area contributed by atoms with Crippen LogP contribution in [0, 0.1) is 11.8 Å². The second-order valence-electron chi connectivity index (χ2n) is 6.57. The van der Waals surface area contributed by atoms with E-state index in [1.54, 1.807) is 0 Å². The summed E-state index contributed by atoms with van der Waals surface area (Å²) in [6.07, 6.45) is 1.34. The van der Waals surface area contributed by atoms with Gasteiger partial charge in [0.15, 0.2) is 10.8 Å². The molecule has 2 aromatic rings. The van der Waals surface area contributed by atoms with Gasteiger partial charge in [-0.2, -0.15) is 18.0 Å². The number of nitrogens with zero attached hydrogens (tertiary/aromatic N) is 5. The molecule has 0 unspecified atom stereocenters. The van der Waals surface area contributed by atoms with Gasteiger partial charge in [0, 0.05) is 13.1 Å². The zero-order chi connectivity index (χ0) is 18.8. The summed E-state index contributed by atoms with van der Waals surface area (Å²) >= 11 is 11.9. The Labute approximate surface area is 157 Å². The first-order valence-electron chi connectivity index (χ1n) is 7.85. The number of sulfonamides is 1. The second kappa shape index (κ2) is 7.88. The average molecular weight is 406 g/mol. The van der Waals surface area contributed by atoms with Crippen molar-refractivity contribution in [1.29, 1.82) is 0 Å². The molecule has 0 bridgehead atoms. The maximum absolute atomic E-state index is 12.7. The van der Waals surface area contributed by atoms with Crippen molar-refractivity contribution in [2.24, 2.45) is 16.2 Å². The van der Waals surface area contributed by atoms with Gasteiger partial charge < -0.3 is 4.90 Å². The van der Waals surface area contributed by atoms with Crippen molar-refractivity contribution in [3.05, 3.63) is 22.4 Å². The van der Waals surface area contributed by atoms with Gasteiger partial charge in [-0.05, 0) is 24.0 Å². The first kappa shape index (κ1) is 19.9. The van der Waals surface area contributed by atoms with Crippen LogP contribution in [0.1, 0.15) is 27.7 Å². The van der Waals surface area contributed by atoms with Crippen LogP contribution < -0.4 is 0 Å². The number of fused-ring (bicyclic) bond motifs is 1. The van der Waals surface area contributed by atoms with E-state index in [2.05, 4.69) is 42.2 Å². The van der Waals surface area contributed by atoms with Gasteiger partial charge in [0.1, 0.15) is 11.5 Å². The van der Waals surface area contributed by atoms with Crippen LogP contribution in [0.3, 0.4) is 0 Å². The highest BCUT2D eigenvalue weighted by Gasteiger charge is 2.25. The highest BCUT2D eigenvalue weighted by molar-refractivity contribution is 7.90. The molecule has 0 radical (unpaired) electrons. The lowest BCUT2D eigenvalue weighted by molar-refractivity contribution is 0.336. The van der Waals surface area contributed by atoms with Crippen molar-refractivity contribution in [3.8, 4) is 0 Å². The summed E-state index contributed by atoms with van der Waals surface area (Å²) in [5, 5.41) is 3.60. The van der Waals surface area contributed by atoms with Gasteiger partial charge in [0.25, 0.3) is 0 Å². The third-order valence-electron chi connectivity index (χ3n) is 3.16. The Morgan fingerprint density at radius 3 is 2.36 bits per heavy atom. The van der Waals surface area contributed by atoms with E-state index in [4.69, 9.17) is 23.2 Å². The molecular formula is C15H21Cl2N5O2S. The molecule has 0 saturated carbocycles. The summed E-state index contributed by atoms with van der Waals surface area (Å²) in [5.41, 5.74) is 0.282. The van der Waals surface area contributed by atoms with E-state index >= 15 is 0 Å². The minimum absolute atomic E-state index is 0.128. The first-order valence-corrected chi connectivity index (χ1v) is 10.0. The molecule has 25 heavy (non-hydrogen) atoms. The molecule has 7 nitrogen and oxygen atoms in total. The average Bonchev–Trinajstić information content (AvgIpc) is 2.79. The number of aromatic nitrogens is 3. The summed E-state index contributed by atoms with van der Waals surface area (Å²) in [7, 11) is -4.08. The molecule has 10 heteroatoms. The minimum Gasteiger partial charge on any atom is -0.361 e. The highest BCUT2D eigenvalue weighted by Crippen LogP contribution is 2.24. The number of rotatable bonds is 7. The molecule has 0 aliphatic heterocycles. The summed E-state index contributed by atoms with van der Waals surface area (Å²) in [4.78, 5) is 5.86. The van der Waals surface area contributed by atoms with Gasteiger partial charge in [-0.15, -0.1) is 4.40 Å². The van der Waals surface area contributed by atoms with Crippen molar-refractivity contribution in [3.63, 3.8) is 0 Å². The Morgan fingerprint density at radius 2 is 1.80 bits per heavy atom. The third-order valence-corrected chi connectivity index (χ3v) is 4.96. The molecule has 0 amide bonds. The van der Waals surface area contributed by atoms with Gasteiger partial charge in [0.05, 0.1) is 0 Å². The van der Waals surface area contributed by atoms with Crippen molar-refractivity contribution in [2.75, 3.05) is 13.1 Å². The molecule has 0 atom stereocenters. The molecule has 0 fully saturated rings. The fourth-order valence-corrected chi connectivity index (χ4v) is 3.93. The maximum atomic E-state index is 12.7. The van der Waals surface area contributed by atoms with Crippen LogP contribution >= 0.6 is 23.2 Å². The highest BCUT2D eigenvalue weighted by atomic mass is 35.5. The summed E-state index contributed by atoms with van der Waals surface area (Å²) < 4.78 is 30.2. The van der Waals surface area contributed by atoms with E-state index < -0.39 is 10.0 Å². The van der Waals surface area contributed by atoms with Crippen molar-refractivity contribution < 1.29 is 8.42 Å². The maximum Gasteiger partial charge on any atom is 0.304 e. The van der Waals surface area contributed by atoms with Crippen LogP contribution in [0.25, 0.3) is 5.65 Å². The van der Waals surface area contributed by atoms with Gasteiger partial charge in [-0.3, -0.25) is 0 Å². The summed E-state index contributed by atoms with van der Waals surface area (Å²) in [6, 6.07) is 3.04.